The third kappa shape index (κ3) is 1.60. The van der Waals surface area contributed by atoms with Gasteiger partial charge in [0.2, 0.25) is 0 Å². The van der Waals surface area contributed by atoms with Crippen LogP contribution in [0.4, 0.5) is 0 Å². The zero-order chi connectivity index (χ0) is 11.2. The zero-order valence-electron chi connectivity index (χ0n) is 10.2. The van der Waals surface area contributed by atoms with Crippen LogP contribution in [0.1, 0.15) is 33.6 Å². The third-order valence-corrected chi connectivity index (χ3v) is 3.94. The maximum absolute atomic E-state index is 4.21. The van der Waals surface area contributed by atoms with Gasteiger partial charge in [0, 0.05) is 0 Å². The Kier molecular flexibility index (Phi) is 2.62. The van der Waals surface area contributed by atoms with Crippen molar-refractivity contribution in [3.63, 3.8) is 0 Å². The Morgan fingerprint density at radius 1 is 1.40 bits per heavy atom. The molecule has 15 heavy (non-hydrogen) atoms. The lowest BCUT2D eigenvalue weighted by Gasteiger charge is -2.14. The molecule has 2 rings (SSSR count). The molecule has 0 aromatic rings. The monoisotopic (exact) mass is 202 g/mol. The van der Waals surface area contributed by atoms with Crippen molar-refractivity contribution in [1.82, 2.24) is 0 Å². The van der Waals surface area contributed by atoms with Gasteiger partial charge >= 0.3 is 0 Å². The van der Waals surface area contributed by atoms with E-state index in [-0.39, 0.29) is 0 Å². The standard InChI is InChI=1S/C15H22/c1-6-8-11(7-2)13-14-12(15(13)14)10(5)9(3)4/h7,9,12,14-15H,2,5-6,8H2,1,3-4H3. The molecule has 2 fully saturated rings. The molecule has 82 valence electrons. The van der Waals surface area contributed by atoms with E-state index in [0.29, 0.717) is 5.92 Å². The van der Waals surface area contributed by atoms with E-state index in [1.165, 1.54) is 24.0 Å². The van der Waals surface area contributed by atoms with Crippen molar-refractivity contribution in [2.24, 2.45) is 23.7 Å². The number of fused-ring (bicyclic) bond motifs is 1. The Morgan fingerprint density at radius 3 is 2.40 bits per heavy atom. The molecule has 2 saturated carbocycles. The summed E-state index contributed by atoms with van der Waals surface area (Å²) < 4.78 is 0. The molecule has 0 nitrogen and oxygen atoms in total. The molecule has 0 amide bonds. The van der Waals surface area contributed by atoms with Gasteiger partial charge in [-0.05, 0) is 35.7 Å². The van der Waals surface area contributed by atoms with Gasteiger partial charge in [-0.25, -0.2) is 0 Å². The van der Waals surface area contributed by atoms with Crippen LogP contribution in [-0.4, -0.2) is 0 Å². The Balaban J connectivity index is 1.96. The molecule has 0 N–H and O–H groups in total. The molecule has 0 heteroatoms. The van der Waals surface area contributed by atoms with E-state index in [4.69, 9.17) is 0 Å². The van der Waals surface area contributed by atoms with Crippen LogP contribution in [0.2, 0.25) is 0 Å². The summed E-state index contributed by atoms with van der Waals surface area (Å²) >= 11 is 0. The maximum atomic E-state index is 4.21. The predicted octanol–water partition coefficient (Wildman–Crippen LogP) is 4.36. The van der Waals surface area contributed by atoms with Crippen LogP contribution in [0.15, 0.2) is 36.0 Å². The topological polar surface area (TPSA) is 0 Å². The summed E-state index contributed by atoms with van der Waals surface area (Å²) in [6.07, 6.45) is 4.52. The van der Waals surface area contributed by atoms with Gasteiger partial charge in [-0.3, -0.25) is 0 Å². The number of rotatable bonds is 5. The van der Waals surface area contributed by atoms with E-state index in [9.17, 15) is 0 Å². The number of hydrogen-bond acceptors (Lipinski definition) is 0. The minimum Gasteiger partial charge on any atom is -0.0993 e. The van der Waals surface area contributed by atoms with Crippen LogP contribution in [0.5, 0.6) is 0 Å². The molecule has 0 radical (unpaired) electrons. The van der Waals surface area contributed by atoms with Gasteiger partial charge in [0.15, 0.2) is 0 Å². The molecular formula is C15H22. The minimum atomic E-state index is 0.655. The Hall–Kier alpha value is -0.780. The smallest absolute Gasteiger partial charge is 0.00506 e. The third-order valence-electron chi connectivity index (χ3n) is 3.94. The van der Waals surface area contributed by atoms with Gasteiger partial charge in [-0.2, -0.15) is 0 Å². The lowest BCUT2D eigenvalue weighted by atomic mass is 9.91. The summed E-state index contributed by atoms with van der Waals surface area (Å²) in [4.78, 5) is 0. The number of hydrogen-bond donors (Lipinski definition) is 0. The molecule has 2 aliphatic carbocycles. The summed E-state index contributed by atoms with van der Waals surface area (Å²) in [5.74, 6) is 3.23. The molecule has 0 aromatic carbocycles. The zero-order valence-corrected chi connectivity index (χ0v) is 10.2. The normalized spacial score (nSPS) is 31.2. The summed E-state index contributed by atoms with van der Waals surface area (Å²) in [6, 6.07) is 0. The highest BCUT2D eigenvalue weighted by Gasteiger charge is 2.70. The first-order valence-electron chi connectivity index (χ1n) is 6.17. The fourth-order valence-corrected chi connectivity index (χ4v) is 2.79. The van der Waals surface area contributed by atoms with Crippen LogP contribution in [0.25, 0.3) is 0 Å². The first-order chi connectivity index (χ1) is 7.13. The summed E-state index contributed by atoms with van der Waals surface area (Å²) in [6.45, 7) is 14.9. The van der Waals surface area contributed by atoms with Crippen LogP contribution in [-0.2, 0) is 0 Å². The van der Waals surface area contributed by atoms with Crippen molar-refractivity contribution >= 4 is 0 Å². The SMILES string of the molecule is C=CC(CCC)=C1C2C(C(=C)C(C)C)C12. The van der Waals surface area contributed by atoms with Gasteiger partial charge in [0.05, 0.1) is 0 Å². The van der Waals surface area contributed by atoms with Crippen LogP contribution < -0.4 is 0 Å². The molecule has 0 aromatic heterocycles. The molecule has 2 unspecified atom stereocenters. The lowest BCUT2D eigenvalue weighted by Crippen LogP contribution is -2.03. The second-order valence-corrected chi connectivity index (χ2v) is 5.24. The van der Waals surface area contributed by atoms with Gasteiger partial charge in [0.1, 0.15) is 0 Å². The molecule has 0 heterocycles. The van der Waals surface area contributed by atoms with Crippen molar-refractivity contribution in [1.29, 1.82) is 0 Å². The highest BCUT2D eigenvalue weighted by Crippen LogP contribution is 2.76. The van der Waals surface area contributed by atoms with E-state index in [2.05, 4.69) is 40.0 Å². The summed E-state index contributed by atoms with van der Waals surface area (Å²) in [5.41, 5.74) is 4.70. The van der Waals surface area contributed by atoms with Crippen molar-refractivity contribution < 1.29 is 0 Å². The van der Waals surface area contributed by atoms with Crippen molar-refractivity contribution in [3.8, 4) is 0 Å². The number of allylic oxidation sites excluding steroid dienone is 4. The van der Waals surface area contributed by atoms with Crippen molar-refractivity contribution in [3.05, 3.63) is 36.0 Å². The highest BCUT2D eigenvalue weighted by molar-refractivity contribution is 5.55. The van der Waals surface area contributed by atoms with E-state index in [1.807, 2.05) is 0 Å². The van der Waals surface area contributed by atoms with Crippen LogP contribution >= 0.6 is 0 Å². The minimum absolute atomic E-state index is 0.655. The Morgan fingerprint density at radius 2 is 2.00 bits per heavy atom. The fourth-order valence-electron chi connectivity index (χ4n) is 2.79. The van der Waals surface area contributed by atoms with Gasteiger partial charge in [-0.1, -0.05) is 57.6 Å². The highest BCUT2D eigenvalue weighted by atomic mass is 14.7. The van der Waals surface area contributed by atoms with Crippen LogP contribution in [0.3, 0.4) is 0 Å². The van der Waals surface area contributed by atoms with Gasteiger partial charge in [-0.15, -0.1) is 0 Å². The van der Waals surface area contributed by atoms with E-state index in [0.717, 1.165) is 17.8 Å². The molecule has 2 atom stereocenters. The average Bonchev–Trinajstić information content (AvgIpc) is 3.05. The molecule has 0 aliphatic heterocycles. The van der Waals surface area contributed by atoms with Crippen LogP contribution in [0, 0.1) is 23.7 Å². The Bertz CT molecular complexity index is 318. The lowest BCUT2D eigenvalue weighted by molar-refractivity contribution is 0.649. The van der Waals surface area contributed by atoms with E-state index >= 15 is 0 Å². The first-order valence-corrected chi connectivity index (χ1v) is 6.17. The van der Waals surface area contributed by atoms with Gasteiger partial charge < -0.3 is 0 Å². The molecule has 2 aliphatic rings. The van der Waals surface area contributed by atoms with E-state index in [1.54, 1.807) is 5.57 Å². The largest absolute Gasteiger partial charge is 0.0993 e. The maximum Gasteiger partial charge on any atom is -0.00506 e. The molecule has 0 bridgehead atoms. The Labute approximate surface area is 93.8 Å². The second-order valence-electron chi connectivity index (χ2n) is 5.24. The quantitative estimate of drug-likeness (QED) is 0.581. The molecule has 0 saturated heterocycles. The first kappa shape index (κ1) is 10.7. The average molecular weight is 202 g/mol. The fraction of sp³-hybridized carbons (Fsp3) is 0.600. The summed E-state index contributed by atoms with van der Waals surface area (Å²) in [5, 5.41) is 0. The summed E-state index contributed by atoms with van der Waals surface area (Å²) in [7, 11) is 0. The van der Waals surface area contributed by atoms with E-state index < -0.39 is 0 Å². The van der Waals surface area contributed by atoms with Crippen molar-refractivity contribution in [2.75, 3.05) is 0 Å². The van der Waals surface area contributed by atoms with Crippen molar-refractivity contribution in [2.45, 2.75) is 33.6 Å². The predicted molar refractivity (Wildman–Crippen MR) is 66.6 cm³/mol. The molecular weight excluding hydrogens is 180 g/mol. The second kappa shape index (κ2) is 3.66. The molecule has 0 spiro atoms. The van der Waals surface area contributed by atoms with Gasteiger partial charge in [0.25, 0.3) is 0 Å².